The summed E-state index contributed by atoms with van der Waals surface area (Å²) in [5.74, 6) is 0.995. The molecule has 0 bridgehead atoms. The fourth-order valence-corrected chi connectivity index (χ4v) is 18.1. The van der Waals surface area contributed by atoms with Crippen LogP contribution in [0, 0.1) is 0 Å². The number of nitrogens with two attached hydrogens (primary N) is 1. The van der Waals surface area contributed by atoms with Gasteiger partial charge >= 0.3 is 31.2 Å². The number of carbonyl (C=O) groups excluding carboxylic acids is 2. The summed E-state index contributed by atoms with van der Waals surface area (Å²) in [6.07, 6.45) is 15.1. The molecule has 0 radical (unpaired) electrons. The smallest absolute Gasteiger partial charge is 0.389 e. The van der Waals surface area contributed by atoms with Crippen LogP contribution in [0.4, 0.5) is 5.82 Å². The Morgan fingerprint density at radius 1 is 0.594 bits per heavy atom. The second-order valence-corrected chi connectivity index (χ2v) is 31.8. The standard InChI is InChI=1S/C68H85N7O17P2S2/c1-4-6-8-10-12-14-16-18-38-83-51-32-24-49(25-33-51)66(77)87-53-28-20-47(21-29-53)43-95-93(80)86-42-57-61(62(82-3)65(90-57)74-37-36-58(76)73-68(74)79)92-94(81,85-41-56-55(91-93)40-59(89-56)75-46-72-60-63(69)70-45-71-64(60)75)96-44-48-22-30-54(31-23-48)88-67(78)50-26-34-52(35-27-50)84-39-19-17-15-13-11-9-7-5-2/h20-37,45-46,55-57,59,61-62,65H,4-19,38-44H2,1-3H3,(H2,69,70,71)(H,73,76,79)/t55-,56+,57+,59+,61+,62+,65+,93?,94?/m0/s1. The average molecular weight is 1400 g/mol. The molecular weight excluding hydrogens is 1310 g/mol. The highest BCUT2D eigenvalue weighted by Crippen LogP contribution is 2.67. The van der Waals surface area contributed by atoms with Gasteiger partial charge in [0, 0.05) is 37.3 Å². The minimum absolute atomic E-state index is 0.0340. The zero-order chi connectivity index (χ0) is 67.3. The third kappa shape index (κ3) is 20.2. The van der Waals surface area contributed by atoms with Gasteiger partial charge in [-0.05, 0) is 120 Å². The molecular formula is C68H85N7O17P2S2. The lowest BCUT2D eigenvalue weighted by Gasteiger charge is -2.31. The zero-order valence-electron chi connectivity index (χ0n) is 54.3. The fourth-order valence-electron chi connectivity index (χ4n) is 11.3. The van der Waals surface area contributed by atoms with E-state index in [1.54, 1.807) is 102 Å². The van der Waals surface area contributed by atoms with Gasteiger partial charge in [0.1, 0.15) is 71.6 Å². The summed E-state index contributed by atoms with van der Waals surface area (Å²) < 4.78 is 102. The van der Waals surface area contributed by atoms with Gasteiger partial charge in [-0.25, -0.2) is 38.5 Å². The molecule has 24 nitrogen and oxygen atoms in total. The summed E-state index contributed by atoms with van der Waals surface area (Å²) in [6.45, 7) is -4.13. The van der Waals surface area contributed by atoms with Crippen molar-refractivity contribution in [3.63, 3.8) is 0 Å². The van der Waals surface area contributed by atoms with Gasteiger partial charge in [-0.1, -0.05) is 128 Å². The van der Waals surface area contributed by atoms with E-state index in [-0.39, 0.29) is 35.2 Å². The Balaban J connectivity index is 0.823. The van der Waals surface area contributed by atoms with Crippen molar-refractivity contribution in [1.29, 1.82) is 0 Å². The predicted octanol–water partition coefficient (Wildman–Crippen LogP) is 14.5. The number of methoxy groups -OCH3 is 1. The van der Waals surface area contributed by atoms with Crippen LogP contribution in [0.25, 0.3) is 11.2 Å². The van der Waals surface area contributed by atoms with Gasteiger partial charge in [-0.3, -0.25) is 37.0 Å². The summed E-state index contributed by atoms with van der Waals surface area (Å²) in [7, 11) is 1.34. The van der Waals surface area contributed by atoms with Crippen LogP contribution in [-0.2, 0) is 52.9 Å². The van der Waals surface area contributed by atoms with Gasteiger partial charge in [0.2, 0.25) is 0 Å². The molecule has 2 unspecified atom stereocenters. The Hall–Kier alpha value is -6.67. The van der Waals surface area contributed by atoms with Gasteiger partial charge in [0.25, 0.3) is 5.56 Å². The summed E-state index contributed by atoms with van der Waals surface area (Å²) in [6, 6.07) is 28.1. The van der Waals surface area contributed by atoms with Gasteiger partial charge < -0.3 is 38.9 Å². The second kappa shape index (κ2) is 35.7. The zero-order valence-corrected chi connectivity index (χ0v) is 57.7. The molecule has 10 rings (SSSR count). The number of aromatic nitrogens is 6. The van der Waals surface area contributed by atoms with E-state index < -0.39 is 93.0 Å². The first kappa shape index (κ1) is 72.1. The monoisotopic (exact) mass is 1400 g/mol. The number of rotatable bonds is 33. The second-order valence-electron chi connectivity index (χ2n) is 23.7. The number of aromatic amines is 1. The number of hydrogen-bond donors (Lipinski definition) is 2. The molecule has 3 N–H and O–H groups in total. The number of carbonyl (C=O) groups is 2. The fraction of sp³-hybridized carbons (Fsp3) is 0.485. The minimum atomic E-state index is -4.43. The number of anilines is 1. The Morgan fingerprint density at radius 2 is 1.09 bits per heavy atom. The van der Waals surface area contributed by atoms with Crippen molar-refractivity contribution in [2.75, 3.05) is 39.3 Å². The van der Waals surface area contributed by atoms with Crippen molar-refractivity contribution in [3.05, 3.63) is 165 Å². The summed E-state index contributed by atoms with van der Waals surface area (Å²) in [4.78, 5) is 67.4. The first-order valence-corrected chi connectivity index (χ1v) is 39.3. The topological polar surface area (TPSA) is 294 Å². The molecule has 9 atom stereocenters. The van der Waals surface area contributed by atoms with Gasteiger partial charge in [0.15, 0.2) is 17.7 Å². The number of nitrogen functional groups attached to an aromatic ring is 1. The van der Waals surface area contributed by atoms with Crippen LogP contribution in [0.15, 0.2) is 132 Å². The van der Waals surface area contributed by atoms with Crippen LogP contribution < -0.4 is 35.9 Å². The van der Waals surface area contributed by atoms with E-state index in [1.807, 2.05) is 0 Å². The van der Waals surface area contributed by atoms with Crippen LogP contribution in [0.5, 0.6) is 23.0 Å². The number of nitrogens with zero attached hydrogens (tertiary/aromatic N) is 5. The molecule has 516 valence electrons. The highest BCUT2D eigenvalue weighted by atomic mass is 32.7. The molecule has 96 heavy (non-hydrogen) atoms. The molecule has 0 spiro atoms. The van der Waals surface area contributed by atoms with Gasteiger partial charge in [-0.15, -0.1) is 0 Å². The highest BCUT2D eigenvalue weighted by molar-refractivity contribution is 8.55. The van der Waals surface area contributed by atoms with E-state index in [1.165, 1.54) is 103 Å². The quantitative estimate of drug-likeness (QED) is 0.0167. The average Bonchev–Trinajstić information content (AvgIpc) is 1.63. The van der Waals surface area contributed by atoms with E-state index in [9.17, 15) is 19.2 Å². The number of H-pyrrole nitrogens is 1. The van der Waals surface area contributed by atoms with E-state index in [2.05, 4.69) is 33.8 Å². The summed E-state index contributed by atoms with van der Waals surface area (Å²) in [5, 5.41) is 0. The molecule has 0 saturated carbocycles. The molecule has 0 aliphatic carbocycles. The van der Waals surface area contributed by atoms with Crippen LogP contribution in [0.2, 0.25) is 0 Å². The van der Waals surface area contributed by atoms with Crippen molar-refractivity contribution >= 4 is 65.3 Å². The molecule has 3 aromatic heterocycles. The maximum Gasteiger partial charge on any atom is 0.389 e. The number of unbranched alkanes of at least 4 members (excludes halogenated alkanes) is 14. The first-order chi connectivity index (χ1) is 46.7. The van der Waals surface area contributed by atoms with Crippen molar-refractivity contribution in [1.82, 2.24) is 29.1 Å². The molecule has 28 heteroatoms. The number of fused-ring (bicyclic) bond motifs is 3. The molecule has 3 aliphatic rings. The lowest BCUT2D eigenvalue weighted by Crippen LogP contribution is -2.40. The van der Waals surface area contributed by atoms with Crippen molar-refractivity contribution < 1.29 is 70.0 Å². The third-order valence-electron chi connectivity index (χ3n) is 16.6. The van der Waals surface area contributed by atoms with E-state index in [0.29, 0.717) is 58.1 Å². The number of ether oxygens (including phenoxy) is 7. The number of esters is 2. The maximum atomic E-state index is 15.6. The Labute approximate surface area is 566 Å². The predicted molar refractivity (Wildman–Crippen MR) is 366 cm³/mol. The van der Waals surface area contributed by atoms with Crippen molar-refractivity contribution in [2.45, 2.75) is 177 Å². The molecule has 3 fully saturated rings. The maximum absolute atomic E-state index is 15.6. The van der Waals surface area contributed by atoms with Crippen molar-refractivity contribution in [3.8, 4) is 23.0 Å². The lowest BCUT2D eigenvalue weighted by atomic mass is 10.1. The lowest BCUT2D eigenvalue weighted by molar-refractivity contribution is -0.0624. The van der Waals surface area contributed by atoms with E-state index >= 15 is 9.13 Å². The molecule has 4 aromatic carbocycles. The molecule has 6 heterocycles. The Morgan fingerprint density at radius 3 is 1.61 bits per heavy atom. The summed E-state index contributed by atoms with van der Waals surface area (Å²) in [5.41, 5.74) is 7.34. The minimum Gasteiger partial charge on any atom is -0.494 e. The molecule has 3 saturated heterocycles. The van der Waals surface area contributed by atoms with Gasteiger partial charge in [-0.2, -0.15) is 0 Å². The number of hydrogen-bond acceptors (Lipinski definition) is 23. The molecule has 0 amide bonds. The van der Waals surface area contributed by atoms with Crippen molar-refractivity contribution in [2.24, 2.45) is 0 Å². The number of nitrogens with one attached hydrogen (secondary N) is 1. The summed E-state index contributed by atoms with van der Waals surface area (Å²) >= 11 is 1.71. The van der Waals surface area contributed by atoms with E-state index in [0.717, 1.165) is 59.1 Å². The van der Waals surface area contributed by atoms with Crippen LogP contribution >= 0.6 is 36.4 Å². The van der Waals surface area contributed by atoms with Gasteiger partial charge in [0.05, 0.1) is 43.9 Å². The SMILES string of the molecule is CCCCCCCCCCOc1ccc(C(=O)Oc2ccc(CSP3(=O)OC[C@H]4O[C@@H](n5cnc6c(N)ncnc65)C[C@@H]4OP(=O)(SCc4ccc(OC(=O)c5ccc(OCCCCCCCCCC)cc5)cc4)OC[C@H]4O[C@@H](n5ccc(=O)[nH]c5=O)[C@H](OC)[C@@H]4O3)cc2)cc1. The van der Waals surface area contributed by atoms with Crippen LogP contribution in [-0.4, -0.2) is 105 Å². The normalized spacial score (nSPS) is 22.8. The Bertz CT molecular complexity index is 3850. The molecule has 7 aromatic rings. The largest absolute Gasteiger partial charge is 0.494 e. The van der Waals surface area contributed by atoms with Crippen LogP contribution in [0.3, 0.4) is 0 Å². The Kier molecular flexibility index (Phi) is 26.8. The highest BCUT2D eigenvalue weighted by Gasteiger charge is 2.53. The molecule has 3 aliphatic heterocycles. The number of imidazole rings is 1. The van der Waals surface area contributed by atoms with E-state index in [4.69, 9.17) is 57.0 Å². The van der Waals surface area contributed by atoms with Crippen LogP contribution in [0.1, 0.15) is 167 Å². The first-order valence-electron chi connectivity index (χ1n) is 33.0. The third-order valence-corrected chi connectivity index (χ3v) is 24.0. The number of benzene rings is 4.